The van der Waals surface area contributed by atoms with E-state index < -0.39 is 17.9 Å². The molecule has 0 aromatic heterocycles. The zero-order chi connectivity index (χ0) is 15.1. The van der Waals surface area contributed by atoms with Crippen molar-refractivity contribution in [1.29, 1.82) is 0 Å². The number of carboxylic acids is 1. The zero-order valence-electron chi connectivity index (χ0n) is 10.9. The number of rotatable bonds is 6. The number of hydrogen-bond acceptors (Lipinski definition) is 3. The minimum Gasteiger partial charge on any atom is -0.480 e. The Bertz CT molecular complexity index is 502. The average Bonchev–Trinajstić information content (AvgIpc) is 2.39. The summed E-state index contributed by atoms with van der Waals surface area (Å²) in [7, 11) is 0. The van der Waals surface area contributed by atoms with Gasteiger partial charge in [-0.15, -0.1) is 0 Å². The molecule has 20 heavy (non-hydrogen) atoms. The maximum Gasteiger partial charge on any atom is 0.325 e. The fourth-order valence-corrected chi connectivity index (χ4v) is 1.63. The molecule has 0 saturated carbocycles. The lowest BCUT2D eigenvalue weighted by Gasteiger charge is -2.09. The van der Waals surface area contributed by atoms with Crippen LogP contribution in [-0.2, 0) is 9.59 Å². The number of hydrogen-bond donors (Lipinski definition) is 3. The summed E-state index contributed by atoms with van der Waals surface area (Å²) in [4.78, 5) is 33.6. The van der Waals surface area contributed by atoms with E-state index in [4.69, 9.17) is 5.11 Å². The molecule has 3 N–H and O–H groups in total. The Kier molecular flexibility index (Phi) is 6.17. The predicted octanol–water partition coefficient (Wildman–Crippen LogP) is 1.16. The Morgan fingerprint density at radius 2 is 1.85 bits per heavy atom. The van der Waals surface area contributed by atoms with Gasteiger partial charge in [-0.2, -0.15) is 0 Å². The quantitative estimate of drug-likeness (QED) is 0.722. The summed E-state index contributed by atoms with van der Waals surface area (Å²) in [5.41, 5.74) is 0.493. The summed E-state index contributed by atoms with van der Waals surface area (Å²) in [5.74, 6) is -1.80. The Labute approximate surface area is 124 Å². The van der Waals surface area contributed by atoms with Gasteiger partial charge in [0.05, 0.1) is 0 Å². The first-order valence-corrected chi connectivity index (χ1v) is 6.75. The molecular weight excluding hydrogens is 328 g/mol. The highest BCUT2D eigenvalue weighted by Gasteiger charge is 2.13. The number of benzene rings is 1. The molecule has 1 rings (SSSR count). The first-order chi connectivity index (χ1) is 9.40. The molecule has 1 atom stereocenters. The third-order valence-electron chi connectivity index (χ3n) is 2.49. The van der Waals surface area contributed by atoms with Crippen molar-refractivity contribution in [2.24, 2.45) is 0 Å². The number of carboxylic acid groups (broad SMARTS) is 1. The number of carbonyl (C=O) groups is 3. The van der Waals surface area contributed by atoms with Gasteiger partial charge in [-0.3, -0.25) is 14.4 Å². The van der Waals surface area contributed by atoms with Crippen LogP contribution >= 0.6 is 15.9 Å². The second kappa shape index (κ2) is 7.64. The molecule has 0 spiro atoms. The Hall–Kier alpha value is -1.89. The van der Waals surface area contributed by atoms with Gasteiger partial charge in [0.15, 0.2) is 0 Å². The summed E-state index contributed by atoms with van der Waals surface area (Å²) in [6, 6.07) is 5.87. The molecule has 0 fully saturated rings. The van der Waals surface area contributed by atoms with Gasteiger partial charge in [0.1, 0.15) is 6.04 Å². The second-order valence-corrected chi connectivity index (χ2v) is 5.06. The molecular formula is C13H15BrN2O4. The first kappa shape index (κ1) is 16.2. The van der Waals surface area contributed by atoms with Gasteiger partial charge in [-0.25, -0.2) is 0 Å². The molecule has 1 aromatic rings. The van der Waals surface area contributed by atoms with Crippen LogP contribution in [0.5, 0.6) is 0 Å². The molecule has 2 amide bonds. The first-order valence-electron chi connectivity index (χ1n) is 5.96. The van der Waals surface area contributed by atoms with E-state index in [1.54, 1.807) is 24.3 Å². The van der Waals surface area contributed by atoms with E-state index in [1.807, 2.05) is 0 Å². The monoisotopic (exact) mass is 342 g/mol. The Morgan fingerprint density at radius 3 is 2.40 bits per heavy atom. The molecule has 0 bridgehead atoms. The SMILES string of the molecule is C[C@H](NC(=O)CCNC(=O)c1ccc(Br)cc1)C(=O)O. The van der Waals surface area contributed by atoms with Gasteiger partial charge >= 0.3 is 5.97 Å². The lowest BCUT2D eigenvalue weighted by Crippen LogP contribution is -2.39. The summed E-state index contributed by atoms with van der Waals surface area (Å²) in [5, 5.41) is 13.5. The van der Waals surface area contributed by atoms with Crippen molar-refractivity contribution in [3.05, 3.63) is 34.3 Å². The van der Waals surface area contributed by atoms with Crippen LogP contribution in [0.2, 0.25) is 0 Å². The summed E-state index contributed by atoms with van der Waals surface area (Å²) in [6.45, 7) is 1.52. The molecule has 0 saturated heterocycles. The summed E-state index contributed by atoms with van der Waals surface area (Å²) in [6.07, 6.45) is 0.0277. The molecule has 108 valence electrons. The standard InChI is InChI=1S/C13H15BrN2O4/c1-8(13(19)20)16-11(17)6-7-15-12(18)9-2-4-10(14)5-3-9/h2-5,8H,6-7H2,1H3,(H,15,18)(H,16,17)(H,19,20)/t8-/m0/s1. The van der Waals surface area contributed by atoms with Crippen LogP contribution in [0, 0.1) is 0 Å². The highest BCUT2D eigenvalue weighted by molar-refractivity contribution is 9.10. The predicted molar refractivity (Wildman–Crippen MR) is 76.3 cm³/mol. The summed E-state index contributed by atoms with van der Waals surface area (Å²) >= 11 is 3.27. The number of nitrogens with one attached hydrogen (secondary N) is 2. The molecule has 6 nitrogen and oxygen atoms in total. The molecule has 1 aromatic carbocycles. The van der Waals surface area contributed by atoms with Crippen molar-refractivity contribution < 1.29 is 19.5 Å². The average molecular weight is 343 g/mol. The van der Waals surface area contributed by atoms with Crippen LogP contribution in [0.3, 0.4) is 0 Å². The van der Waals surface area contributed by atoms with Crippen molar-refractivity contribution in [3.8, 4) is 0 Å². The molecule has 0 aliphatic carbocycles. The van der Waals surface area contributed by atoms with E-state index in [9.17, 15) is 14.4 Å². The Balaban J connectivity index is 2.33. The van der Waals surface area contributed by atoms with E-state index in [-0.39, 0.29) is 18.9 Å². The van der Waals surface area contributed by atoms with Crippen molar-refractivity contribution >= 4 is 33.7 Å². The minimum atomic E-state index is -1.10. The van der Waals surface area contributed by atoms with Gasteiger partial charge in [0, 0.05) is 23.0 Å². The van der Waals surface area contributed by atoms with E-state index >= 15 is 0 Å². The highest BCUT2D eigenvalue weighted by atomic mass is 79.9. The van der Waals surface area contributed by atoms with Crippen LogP contribution in [0.25, 0.3) is 0 Å². The van der Waals surface area contributed by atoms with E-state index in [0.29, 0.717) is 5.56 Å². The van der Waals surface area contributed by atoms with E-state index in [2.05, 4.69) is 26.6 Å². The fourth-order valence-electron chi connectivity index (χ4n) is 1.37. The van der Waals surface area contributed by atoms with Crippen molar-refractivity contribution in [2.45, 2.75) is 19.4 Å². The van der Waals surface area contributed by atoms with Gasteiger partial charge in [-0.05, 0) is 31.2 Å². The largest absolute Gasteiger partial charge is 0.480 e. The molecule has 0 unspecified atom stereocenters. The molecule has 7 heteroatoms. The fraction of sp³-hybridized carbons (Fsp3) is 0.308. The van der Waals surface area contributed by atoms with E-state index in [1.165, 1.54) is 6.92 Å². The van der Waals surface area contributed by atoms with E-state index in [0.717, 1.165) is 4.47 Å². The lowest BCUT2D eigenvalue weighted by atomic mass is 10.2. The van der Waals surface area contributed by atoms with Crippen LogP contribution in [-0.4, -0.2) is 35.5 Å². The summed E-state index contributed by atoms with van der Waals surface area (Å²) < 4.78 is 0.871. The lowest BCUT2D eigenvalue weighted by molar-refractivity contribution is -0.141. The normalized spacial score (nSPS) is 11.5. The minimum absolute atomic E-state index is 0.0277. The van der Waals surface area contributed by atoms with Crippen molar-refractivity contribution in [1.82, 2.24) is 10.6 Å². The van der Waals surface area contributed by atoms with Crippen molar-refractivity contribution in [2.75, 3.05) is 6.54 Å². The van der Waals surface area contributed by atoms with Crippen LogP contribution in [0.15, 0.2) is 28.7 Å². The third-order valence-corrected chi connectivity index (χ3v) is 3.02. The number of amides is 2. The number of aliphatic carboxylic acids is 1. The van der Waals surface area contributed by atoms with Crippen LogP contribution in [0.1, 0.15) is 23.7 Å². The van der Waals surface area contributed by atoms with Crippen molar-refractivity contribution in [3.63, 3.8) is 0 Å². The van der Waals surface area contributed by atoms with Gasteiger partial charge in [0.2, 0.25) is 5.91 Å². The second-order valence-electron chi connectivity index (χ2n) is 4.14. The molecule has 0 aliphatic heterocycles. The molecule has 0 aliphatic rings. The number of halogens is 1. The molecule has 0 radical (unpaired) electrons. The molecule has 0 heterocycles. The highest BCUT2D eigenvalue weighted by Crippen LogP contribution is 2.10. The number of carbonyl (C=O) groups excluding carboxylic acids is 2. The van der Waals surface area contributed by atoms with Gasteiger partial charge in [0.25, 0.3) is 5.91 Å². The van der Waals surface area contributed by atoms with Gasteiger partial charge in [-0.1, -0.05) is 15.9 Å². The maximum atomic E-state index is 11.7. The van der Waals surface area contributed by atoms with Crippen LogP contribution < -0.4 is 10.6 Å². The third kappa shape index (κ3) is 5.40. The zero-order valence-corrected chi connectivity index (χ0v) is 12.4. The maximum absolute atomic E-state index is 11.7. The smallest absolute Gasteiger partial charge is 0.325 e. The Morgan fingerprint density at radius 1 is 1.25 bits per heavy atom. The van der Waals surface area contributed by atoms with Gasteiger partial charge < -0.3 is 15.7 Å². The topological polar surface area (TPSA) is 95.5 Å². The van der Waals surface area contributed by atoms with Crippen LogP contribution in [0.4, 0.5) is 0 Å².